The van der Waals surface area contributed by atoms with Gasteiger partial charge in [-0.25, -0.2) is 9.78 Å². The molecule has 0 fully saturated rings. The number of carboxylic acids is 1. The summed E-state index contributed by atoms with van der Waals surface area (Å²) in [5.41, 5.74) is -3.30. The average Bonchev–Trinajstić information content (AvgIpc) is 2.61. The molecule has 0 aliphatic carbocycles. The van der Waals surface area contributed by atoms with Gasteiger partial charge in [-0.05, 0) is 35.4 Å². The van der Waals surface area contributed by atoms with Crippen LogP contribution in [0.15, 0.2) is 36.5 Å². The van der Waals surface area contributed by atoms with Crippen LogP contribution in [0.1, 0.15) is 22.3 Å². The summed E-state index contributed by atoms with van der Waals surface area (Å²) in [5, 5.41) is 11.5. The molecule has 5 nitrogen and oxygen atoms in total. The second kappa shape index (κ2) is 8.90. The zero-order valence-electron chi connectivity index (χ0n) is 14.8. The van der Waals surface area contributed by atoms with Gasteiger partial charge in [0, 0.05) is 12.6 Å². The van der Waals surface area contributed by atoms with Crippen LogP contribution < -0.4 is 5.32 Å². The van der Waals surface area contributed by atoms with Gasteiger partial charge in [-0.3, -0.25) is 4.79 Å². The fourth-order valence-corrected chi connectivity index (χ4v) is 2.63. The van der Waals surface area contributed by atoms with Crippen molar-refractivity contribution >= 4 is 23.5 Å². The molecule has 1 amide bonds. The number of carboxylic acid groups (broad SMARTS) is 1. The monoisotopic (exact) mass is 454 g/mol. The van der Waals surface area contributed by atoms with Crippen LogP contribution >= 0.6 is 11.6 Å². The predicted octanol–water partition coefficient (Wildman–Crippen LogP) is 4.13. The highest BCUT2D eigenvalue weighted by Crippen LogP contribution is 2.36. The molecule has 30 heavy (non-hydrogen) atoms. The van der Waals surface area contributed by atoms with Crippen molar-refractivity contribution in [1.29, 1.82) is 0 Å². The highest BCUT2D eigenvalue weighted by Gasteiger charge is 2.37. The molecule has 0 aliphatic rings. The molecular formula is C18H13ClF6N2O3. The summed E-state index contributed by atoms with van der Waals surface area (Å²) >= 11 is 5.62. The second-order valence-corrected chi connectivity index (χ2v) is 6.63. The van der Waals surface area contributed by atoms with E-state index in [0.717, 1.165) is 0 Å². The van der Waals surface area contributed by atoms with E-state index in [1.54, 1.807) is 0 Å². The molecule has 1 heterocycles. The highest BCUT2D eigenvalue weighted by atomic mass is 35.5. The minimum atomic E-state index is -5.06. The lowest BCUT2D eigenvalue weighted by molar-refractivity contribution is -0.143. The number of carbonyl (C=O) groups excluding carboxylic acids is 1. The van der Waals surface area contributed by atoms with Gasteiger partial charge in [0.25, 0.3) is 0 Å². The standard InChI is InChI=1S/C18H13ClF6N2O3/c19-14-2-1-9(8-26-14)5-13(16(29)30)27-15(28)6-10-3-11(17(20,21)22)7-12(4-10)18(23,24)25/h1-4,7-8,13H,5-6H2,(H,27,28)(H,29,30)/t13-/m0/s1. The van der Waals surface area contributed by atoms with Gasteiger partial charge in [-0.15, -0.1) is 0 Å². The third kappa shape index (κ3) is 6.61. The van der Waals surface area contributed by atoms with E-state index in [-0.39, 0.29) is 17.6 Å². The summed E-state index contributed by atoms with van der Waals surface area (Å²) in [6.45, 7) is 0. The van der Waals surface area contributed by atoms with Crippen LogP contribution in [-0.4, -0.2) is 28.0 Å². The minimum Gasteiger partial charge on any atom is -0.480 e. The number of aromatic nitrogens is 1. The van der Waals surface area contributed by atoms with Gasteiger partial charge in [-0.1, -0.05) is 17.7 Å². The maximum atomic E-state index is 12.9. The molecule has 1 atom stereocenters. The molecule has 0 aliphatic heterocycles. The smallest absolute Gasteiger partial charge is 0.416 e. The second-order valence-electron chi connectivity index (χ2n) is 6.24. The first-order chi connectivity index (χ1) is 13.8. The number of nitrogens with one attached hydrogen (secondary N) is 1. The predicted molar refractivity (Wildman–Crippen MR) is 92.7 cm³/mol. The van der Waals surface area contributed by atoms with Gasteiger partial charge in [0.15, 0.2) is 0 Å². The third-order valence-electron chi connectivity index (χ3n) is 3.87. The van der Waals surface area contributed by atoms with E-state index in [9.17, 15) is 41.0 Å². The Morgan fingerprint density at radius 3 is 2.00 bits per heavy atom. The Hall–Kier alpha value is -2.82. The summed E-state index contributed by atoms with van der Waals surface area (Å²) in [6, 6.07) is 2.13. The van der Waals surface area contributed by atoms with Crippen molar-refractivity contribution in [2.45, 2.75) is 31.2 Å². The van der Waals surface area contributed by atoms with Crippen molar-refractivity contribution < 1.29 is 41.0 Å². The number of alkyl halides is 6. The van der Waals surface area contributed by atoms with E-state index in [1.807, 2.05) is 0 Å². The molecule has 1 aromatic heterocycles. The SMILES string of the molecule is O=C(Cc1cc(C(F)(F)F)cc(C(F)(F)F)c1)N[C@@H](Cc1ccc(Cl)nc1)C(=O)O. The summed E-state index contributed by atoms with van der Waals surface area (Å²) in [5.74, 6) is -2.50. The Kier molecular flexibility index (Phi) is 6.96. The molecule has 2 rings (SSSR count). The Morgan fingerprint density at radius 2 is 1.57 bits per heavy atom. The van der Waals surface area contributed by atoms with Crippen molar-refractivity contribution in [1.82, 2.24) is 10.3 Å². The molecule has 0 saturated heterocycles. The largest absolute Gasteiger partial charge is 0.480 e. The fourth-order valence-electron chi connectivity index (χ4n) is 2.52. The van der Waals surface area contributed by atoms with Crippen molar-refractivity contribution in [2.24, 2.45) is 0 Å². The van der Waals surface area contributed by atoms with Crippen LogP contribution in [0.25, 0.3) is 0 Å². The molecule has 0 radical (unpaired) electrons. The number of rotatable bonds is 6. The van der Waals surface area contributed by atoms with Gasteiger partial charge in [0.2, 0.25) is 5.91 Å². The first-order valence-electron chi connectivity index (χ1n) is 8.16. The summed E-state index contributed by atoms with van der Waals surface area (Å²) < 4.78 is 77.4. The Labute approximate surface area is 170 Å². The van der Waals surface area contributed by atoms with E-state index in [1.165, 1.54) is 18.3 Å². The number of benzene rings is 1. The molecule has 2 N–H and O–H groups in total. The lowest BCUT2D eigenvalue weighted by atomic mass is 10.0. The van der Waals surface area contributed by atoms with Gasteiger partial charge < -0.3 is 10.4 Å². The normalized spacial score (nSPS) is 13.0. The third-order valence-corrected chi connectivity index (χ3v) is 4.10. The number of aliphatic carboxylic acids is 1. The van der Waals surface area contributed by atoms with Gasteiger partial charge in [0.05, 0.1) is 17.5 Å². The van der Waals surface area contributed by atoms with Crippen molar-refractivity contribution in [3.63, 3.8) is 0 Å². The number of nitrogens with zero attached hydrogens (tertiary/aromatic N) is 1. The molecule has 0 spiro atoms. The minimum absolute atomic E-state index is 0.0605. The molecule has 2 aromatic rings. The quantitative estimate of drug-likeness (QED) is 0.508. The molecule has 1 aromatic carbocycles. The topological polar surface area (TPSA) is 79.3 Å². The number of halogens is 7. The fraction of sp³-hybridized carbons (Fsp3) is 0.278. The molecule has 0 saturated carbocycles. The van der Waals surface area contributed by atoms with E-state index in [4.69, 9.17) is 11.6 Å². The maximum Gasteiger partial charge on any atom is 0.416 e. The van der Waals surface area contributed by atoms with Crippen LogP contribution in [0.3, 0.4) is 0 Å². The Morgan fingerprint density at radius 1 is 1.00 bits per heavy atom. The first kappa shape index (κ1) is 23.5. The van der Waals surface area contributed by atoms with Crippen LogP contribution in [0.2, 0.25) is 5.15 Å². The van der Waals surface area contributed by atoms with E-state index < -0.39 is 53.4 Å². The van der Waals surface area contributed by atoms with Crippen LogP contribution in [0.5, 0.6) is 0 Å². The maximum absolute atomic E-state index is 12.9. The van der Waals surface area contributed by atoms with E-state index in [0.29, 0.717) is 17.7 Å². The first-order valence-corrected chi connectivity index (χ1v) is 8.54. The van der Waals surface area contributed by atoms with Gasteiger partial charge >= 0.3 is 18.3 Å². The molecule has 0 unspecified atom stereocenters. The Bertz CT molecular complexity index is 897. The summed E-state index contributed by atoms with van der Waals surface area (Å²) in [7, 11) is 0. The number of hydrogen-bond donors (Lipinski definition) is 2. The van der Waals surface area contributed by atoms with E-state index in [2.05, 4.69) is 10.3 Å². The zero-order valence-corrected chi connectivity index (χ0v) is 15.6. The number of amides is 1. The van der Waals surface area contributed by atoms with Crippen LogP contribution in [0, 0.1) is 0 Å². The van der Waals surface area contributed by atoms with Gasteiger partial charge in [0.1, 0.15) is 11.2 Å². The average molecular weight is 455 g/mol. The molecule has 162 valence electrons. The zero-order chi connectivity index (χ0) is 22.7. The molecule has 12 heteroatoms. The number of hydrogen-bond acceptors (Lipinski definition) is 3. The molecular weight excluding hydrogens is 442 g/mol. The summed E-state index contributed by atoms with van der Waals surface area (Å²) in [4.78, 5) is 27.2. The number of pyridine rings is 1. The number of carbonyl (C=O) groups is 2. The molecule has 0 bridgehead atoms. The van der Waals surface area contributed by atoms with Crippen molar-refractivity contribution in [3.8, 4) is 0 Å². The summed E-state index contributed by atoms with van der Waals surface area (Å²) in [6.07, 6.45) is -9.94. The lowest BCUT2D eigenvalue weighted by Gasteiger charge is -2.16. The van der Waals surface area contributed by atoms with Crippen LogP contribution in [-0.2, 0) is 34.8 Å². The van der Waals surface area contributed by atoms with E-state index >= 15 is 0 Å². The Balaban J connectivity index is 2.20. The van der Waals surface area contributed by atoms with Gasteiger partial charge in [-0.2, -0.15) is 26.3 Å². The van der Waals surface area contributed by atoms with Crippen molar-refractivity contribution in [3.05, 3.63) is 63.9 Å². The highest BCUT2D eigenvalue weighted by molar-refractivity contribution is 6.29. The van der Waals surface area contributed by atoms with Crippen LogP contribution in [0.4, 0.5) is 26.3 Å². The van der Waals surface area contributed by atoms with Crippen molar-refractivity contribution in [2.75, 3.05) is 0 Å². The lowest BCUT2D eigenvalue weighted by Crippen LogP contribution is -2.43.